The van der Waals surface area contributed by atoms with Gasteiger partial charge in [0.1, 0.15) is 23.7 Å². The molecule has 1 unspecified atom stereocenters. The topological polar surface area (TPSA) is 74.2 Å². The summed E-state index contributed by atoms with van der Waals surface area (Å²) in [6.45, 7) is 0.0845. The summed E-state index contributed by atoms with van der Waals surface area (Å²) < 4.78 is 32.8. The summed E-state index contributed by atoms with van der Waals surface area (Å²) >= 11 is 0. The lowest BCUT2D eigenvalue weighted by molar-refractivity contribution is -0.00280. The van der Waals surface area contributed by atoms with Crippen LogP contribution in [0.3, 0.4) is 0 Å². The summed E-state index contributed by atoms with van der Waals surface area (Å²) in [5, 5.41) is 0. The van der Waals surface area contributed by atoms with Crippen molar-refractivity contribution in [1.29, 1.82) is 0 Å². The summed E-state index contributed by atoms with van der Waals surface area (Å²) in [6, 6.07) is 25.1. The Morgan fingerprint density at radius 2 is 1.20 bits per heavy atom. The third-order valence-corrected chi connectivity index (χ3v) is 5.18. The van der Waals surface area contributed by atoms with Crippen LogP contribution in [0, 0.1) is 0 Å². The smallest absolute Gasteiger partial charge is 0.497 e. The van der Waals surface area contributed by atoms with Crippen LogP contribution in [-0.4, -0.2) is 32.3 Å². The number of rotatable bonds is 10. The number of hydrogen-bond donors (Lipinski definition) is 1. The molecule has 0 aromatic heterocycles. The molecule has 0 saturated carbocycles. The largest absolute Gasteiger partial charge is 0.694 e. The average molecular weight is 427 g/mol. The first-order valence-corrected chi connectivity index (χ1v) is 10.5. The van der Waals surface area contributed by atoms with Gasteiger partial charge in [-0.2, -0.15) is 0 Å². The highest BCUT2D eigenvalue weighted by molar-refractivity contribution is 7.32. The second-order valence-corrected chi connectivity index (χ2v) is 7.16. The van der Waals surface area contributed by atoms with Crippen molar-refractivity contribution < 1.29 is 28.2 Å². The van der Waals surface area contributed by atoms with Crippen LogP contribution in [0.2, 0.25) is 0 Å². The molecular formula is C23H24O6P+. The monoisotopic (exact) mass is 427 g/mol. The molecule has 0 amide bonds. The van der Waals surface area contributed by atoms with Gasteiger partial charge in [-0.3, -0.25) is 0 Å². The molecule has 6 nitrogen and oxygen atoms in total. The highest BCUT2D eigenvalue weighted by atomic mass is 31.1. The van der Waals surface area contributed by atoms with Gasteiger partial charge in [0.15, 0.2) is 0 Å². The van der Waals surface area contributed by atoms with Crippen molar-refractivity contribution in [2.45, 2.75) is 5.60 Å². The fourth-order valence-electron chi connectivity index (χ4n) is 3.38. The number of hydrogen-bond acceptors (Lipinski definition) is 5. The van der Waals surface area contributed by atoms with E-state index in [2.05, 4.69) is 0 Å². The van der Waals surface area contributed by atoms with Crippen molar-refractivity contribution in [3.63, 3.8) is 0 Å². The summed E-state index contributed by atoms with van der Waals surface area (Å²) in [4.78, 5) is 8.95. The van der Waals surface area contributed by atoms with E-state index in [-0.39, 0.29) is 13.2 Å². The SMILES string of the molecule is COc1ccc(C(OCCO[P+](=O)O)(c2ccccc2)c2ccc(OC)cc2)cc1. The van der Waals surface area contributed by atoms with Gasteiger partial charge in [-0.1, -0.05) is 54.6 Å². The highest BCUT2D eigenvalue weighted by Gasteiger charge is 2.38. The molecule has 7 heteroatoms. The van der Waals surface area contributed by atoms with Crippen LogP contribution in [-0.2, 0) is 19.4 Å². The van der Waals surface area contributed by atoms with E-state index in [0.29, 0.717) is 0 Å². The molecule has 30 heavy (non-hydrogen) atoms. The lowest BCUT2D eigenvalue weighted by atomic mass is 9.80. The maximum absolute atomic E-state index is 10.9. The molecule has 0 aliphatic heterocycles. The summed E-state index contributed by atoms with van der Waals surface area (Å²) in [7, 11) is 0.549. The standard InChI is InChI=1S/C23H23O6P/c1-26-21-12-8-19(9-13-21)23(18-6-4-3-5-7-18,28-16-17-29-30(24)25)20-10-14-22(27-2)15-11-20/h3-15H,16-17H2,1-2H3/p+1. The van der Waals surface area contributed by atoms with Crippen LogP contribution >= 0.6 is 8.25 Å². The van der Waals surface area contributed by atoms with Crippen LogP contribution in [0.15, 0.2) is 78.9 Å². The summed E-state index contributed by atoms with van der Waals surface area (Å²) in [6.07, 6.45) is 0. The first kappa shape index (κ1) is 21.9. The first-order chi connectivity index (χ1) is 14.6. The van der Waals surface area contributed by atoms with E-state index in [1.165, 1.54) is 0 Å². The molecule has 3 rings (SSSR count). The molecule has 0 radical (unpaired) electrons. The lowest BCUT2D eigenvalue weighted by Crippen LogP contribution is -2.34. The lowest BCUT2D eigenvalue weighted by Gasteiger charge is -2.36. The Bertz CT molecular complexity index is 894. The van der Waals surface area contributed by atoms with Crippen LogP contribution in [0.1, 0.15) is 16.7 Å². The molecule has 0 saturated heterocycles. The van der Waals surface area contributed by atoms with Gasteiger partial charge in [0, 0.05) is 4.57 Å². The molecule has 3 aromatic rings. The Hall–Kier alpha value is -2.76. The van der Waals surface area contributed by atoms with E-state index in [4.69, 9.17) is 23.6 Å². The first-order valence-electron chi connectivity index (χ1n) is 9.37. The van der Waals surface area contributed by atoms with E-state index in [1.54, 1.807) is 14.2 Å². The van der Waals surface area contributed by atoms with Crippen molar-refractivity contribution in [1.82, 2.24) is 0 Å². The summed E-state index contributed by atoms with van der Waals surface area (Å²) in [5.41, 5.74) is 1.71. The van der Waals surface area contributed by atoms with E-state index in [1.807, 2.05) is 78.9 Å². The van der Waals surface area contributed by atoms with Crippen molar-refractivity contribution in [2.75, 3.05) is 27.4 Å². The quantitative estimate of drug-likeness (QED) is 0.288. The van der Waals surface area contributed by atoms with Gasteiger partial charge in [0.25, 0.3) is 0 Å². The molecule has 0 fully saturated rings. The molecule has 3 aromatic carbocycles. The zero-order valence-corrected chi connectivity index (χ0v) is 17.7. The molecule has 156 valence electrons. The minimum atomic E-state index is -2.69. The minimum Gasteiger partial charge on any atom is -0.497 e. The molecule has 0 aliphatic rings. The fourth-order valence-corrected chi connectivity index (χ4v) is 3.62. The molecule has 0 spiro atoms. The van der Waals surface area contributed by atoms with E-state index in [9.17, 15) is 4.57 Å². The van der Waals surface area contributed by atoms with E-state index >= 15 is 0 Å². The molecule has 0 heterocycles. The average Bonchev–Trinajstić information content (AvgIpc) is 2.80. The highest BCUT2D eigenvalue weighted by Crippen LogP contribution is 2.41. The third kappa shape index (κ3) is 4.86. The normalized spacial score (nSPS) is 11.8. The molecule has 1 atom stereocenters. The molecular weight excluding hydrogens is 403 g/mol. The Kier molecular flexibility index (Phi) is 7.55. The molecule has 1 N–H and O–H groups in total. The third-order valence-electron chi connectivity index (χ3n) is 4.78. The second kappa shape index (κ2) is 10.3. The van der Waals surface area contributed by atoms with Crippen molar-refractivity contribution in [2.24, 2.45) is 0 Å². The fraction of sp³-hybridized carbons (Fsp3) is 0.217. The van der Waals surface area contributed by atoms with Gasteiger partial charge < -0.3 is 14.2 Å². The zero-order valence-electron chi connectivity index (χ0n) is 16.9. The van der Waals surface area contributed by atoms with Crippen LogP contribution < -0.4 is 9.47 Å². The Labute approximate surface area is 176 Å². The molecule has 0 bridgehead atoms. The van der Waals surface area contributed by atoms with Crippen molar-refractivity contribution >= 4 is 8.25 Å². The van der Waals surface area contributed by atoms with Crippen LogP contribution in [0.4, 0.5) is 0 Å². The molecule has 0 aliphatic carbocycles. The van der Waals surface area contributed by atoms with Gasteiger partial charge in [0.05, 0.1) is 20.8 Å². The van der Waals surface area contributed by atoms with Crippen molar-refractivity contribution in [3.05, 3.63) is 95.6 Å². The second-order valence-electron chi connectivity index (χ2n) is 6.42. The predicted molar refractivity (Wildman–Crippen MR) is 114 cm³/mol. The summed E-state index contributed by atoms with van der Waals surface area (Å²) in [5.74, 6) is 1.46. The van der Waals surface area contributed by atoms with Gasteiger partial charge in [-0.25, -0.2) is 0 Å². The van der Waals surface area contributed by atoms with Gasteiger partial charge >= 0.3 is 8.25 Å². The van der Waals surface area contributed by atoms with Crippen molar-refractivity contribution in [3.8, 4) is 11.5 Å². The van der Waals surface area contributed by atoms with Gasteiger partial charge in [0.2, 0.25) is 0 Å². The van der Waals surface area contributed by atoms with E-state index in [0.717, 1.165) is 28.2 Å². The minimum absolute atomic E-state index is 0.0212. The van der Waals surface area contributed by atoms with E-state index < -0.39 is 13.9 Å². The van der Waals surface area contributed by atoms with Crippen LogP contribution in [0.25, 0.3) is 0 Å². The van der Waals surface area contributed by atoms with Gasteiger partial charge in [-0.05, 0) is 41.0 Å². The Morgan fingerprint density at radius 3 is 1.63 bits per heavy atom. The maximum Gasteiger partial charge on any atom is 0.694 e. The number of methoxy groups -OCH3 is 2. The predicted octanol–water partition coefficient (Wildman–Crippen LogP) is 4.68. The van der Waals surface area contributed by atoms with Gasteiger partial charge in [-0.15, -0.1) is 9.42 Å². The maximum atomic E-state index is 10.9. The zero-order chi connectivity index (χ0) is 21.4. The number of benzene rings is 3. The number of ether oxygens (including phenoxy) is 3. The Balaban J connectivity index is 2.14. The van der Waals surface area contributed by atoms with Crippen LogP contribution in [0.5, 0.6) is 11.5 Å². The Morgan fingerprint density at radius 1 is 0.733 bits per heavy atom.